The molecule has 0 N–H and O–H groups in total. The van der Waals surface area contributed by atoms with Crippen molar-refractivity contribution in [3.05, 3.63) is 0 Å². The second-order valence-corrected chi connectivity index (χ2v) is 3.17. The van der Waals surface area contributed by atoms with Crippen molar-refractivity contribution in [3.63, 3.8) is 0 Å². The standard InChI is InChI=1S/C12H21N/c1-3-5-7-8-9-10-12-13-11-6-4-2/h12H,3-8,11H2,1-2H3. The highest BCUT2D eigenvalue weighted by molar-refractivity contribution is 5.78. The zero-order valence-corrected chi connectivity index (χ0v) is 8.97. The lowest BCUT2D eigenvalue weighted by Gasteiger charge is -1.87. The molecule has 0 bridgehead atoms. The van der Waals surface area contributed by atoms with Crippen molar-refractivity contribution in [3.8, 4) is 11.8 Å². The molecule has 0 aliphatic heterocycles. The van der Waals surface area contributed by atoms with Crippen molar-refractivity contribution in [2.45, 2.75) is 52.4 Å². The Balaban J connectivity index is 3.22. The molecule has 0 heterocycles. The highest BCUT2D eigenvalue weighted by Crippen LogP contribution is 1.96. The fraction of sp³-hybridized carbons (Fsp3) is 0.750. The van der Waals surface area contributed by atoms with Crippen LogP contribution >= 0.6 is 0 Å². The maximum absolute atomic E-state index is 4.18. The first-order valence-electron chi connectivity index (χ1n) is 5.38. The molecule has 0 amide bonds. The molecule has 0 aromatic heterocycles. The lowest BCUT2D eigenvalue weighted by atomic mass is 10.2. The van der Waals surface area contributed by atoms with Gasteiger partial charge in [-0.05, 0) is 12.8 Å². The fourth-order valence-electron chi connectivity index (χ4n) is 0.941. The van der Waals surface area contributed by atoms with E-state index in [2.05, 4.69) is 30.7 Å². The molecule has 0 atom stereocenters. The fourth-order valence-corrected chi connectivity index (χ4v) is 0.941. The second kappa shape index (κ2) is 11.2. The van der Waals surface area contributed by atoms with Crippen LogP contribution in [-0.2, 0) is 0 Å². The van der Waals surface area contributed by atoms with Gasteiger partial charge in [-0.25, -0.2) is 0 Å². The molecule has 74 valence electrons. The first-order chi connectivity index (χ1) is 6.41. The molecule has 0 radical (unpaired) electrons. The topological polar surface area (TPSA) is 12.4 Å². The van der Waals surface area contributed by atoms with E-state index in [1.165, 1.54) is 32.1 Å². The minimum absolute atomic E-state index is 0.931. The summed E-state index contributed by atoms with van der Waals surface area (Å²) in [6.07, 6.45) is 8.95. The van der Waals surface area contributed by atoms with Crippen LogP contribution in [0.4, 0.5) is 0 Å². The molecule has 0 unspecified atom stereocenters. The van der Waals surface area contributed by atoms with Crippen molar-refractivity contribution in [2.24, 2.45) is 4.99 Å². The van der Waals surface area contributed by atoms with Gasteiger partial charge in [-0.3, -0.25) is 4.99 Å². The van der Waals surface area contributed by atoms with Gasteiger partial charge >= 0.3 is 0 Å². The summed E-state index contributed by atoms with van der Waals surface area (Å²) in [4.78, 5) is 4.18. The Hall–Kier alpha value is -0.770. The third-order valence-electron chi connectivity index (χ3n) is 1.80. The zero-order chi connectivity index (χ0) is 9.78. The summed E-state index contributed by atoms with van der Waals surface area (Å²) in [5.74, 6) is 6.06. The van der Waals surface area contributed by atoms with Gasteiger partial charge < -0.3 is 0 Å². The Bertz CT molecular complexity index is 171. The highest BCUT2D eigenvalue weighted by Gasteiger charge is 1.79. The van der Waals surface area contributed by atoms with Gasteiger partial charge in [0.15, 0.2) is 0 Å². The normalized spacial score (nSPS) is 10.0. The number of unbranched alkanes of at least 4 members (excludes halogenated alkanes) is 4. The van der Waals surface area contributed by atoms with Crippen LogP contribution in [-0.4, -0.2) is 12.8 Å². The summed E-state index contributed by atoms with van der Waals surface area (Å²) in [6.45, 7) is 5.31. The molecule has 0 saturated carbocycles. The number of hydrogen-bond acceptors (Lipinski definition) is 1. The molecule has 0 aromatic rings. The van der Waals surface area contributed by atoms with Gasteiger partial charge in [-0.2, -0.15) is 0 Å². The highest BCUT2D eigenvalue weighted by atomic mass is 14.7. The number of rotatable bonds is 6. The summed E-state index contributed by atoms with van der Waals surface area (Å²) < 4.78 is 0. The van der Waals surface area contributed by atoms with E-state index in [0.29, 0.717) is 0 Å². The van der Waals surface area contributed by atoms with Crippen LogP contribution in [0.15, 0.2) is 4.99 Å². The van der Waals surface area contributed by atoms with Gasteiger partial charge in [0.05, 0.1) is 6.21 Å². The van der Waals surface area contributed by atoms with Gasteiger partial charge in [0.1, 0.15) is 0 Å². The van der Waals surface area contributed by atoms with Gasteiger partial charge in [0, 0.05) is 13.0 Å². The smallest absolute Gasteiger partial charge is 0.0710 e. The lowest BCUT2D eigenvalue weighted by molar-refractivity contribution is 0.737. The van der Waals surface area contributed by atoms with Crippen LogP contribution in [0.25, 0.3) is 0 Å². The predicted octanol–water partition coefficient (Wildman–Crippen LogP) is 3.44. The first-order valence-corrected chi connectivity index (χ1v) is 5.38. The van der Waals surface area contributed by atoms with Crippen molar-refractivity contribution >= 4 is 6.21 Å². The zero-order valence-electron chi connectivity index (χ0n) is 8.97. The molecule has 13 heavy (non-hydrogen) atoms. The van der Waals surface area contributed by atoms with E-state index in [9.17, 15) is 0 Å². The van der Waals surface area contributed by atoms with Gasteiger partial charge in [-0.1, -0.05) is 45.0 Å². The minimum Gasteiger partial charge on any atom is -0.284 e. The van der Waals surface area contributed by atoms with Crippen LogP contribution in [0.2, 0.25) is 0 Å². The average molecular weight is 179 g/mol. The van der Waals surface area contributed by atoms with Gasteiger partial charge in [0.25, 0.3) is 0 Å². The summed E-state index contributed by atoms with van der Waals surface area (Å²) in [6, 6.07) is 0. The second-order valence-electron chi connectivity index (χ2n) is 3.17. The van der Waals surface area contributed by atoms with Crippen LogP contribution in [0.3, 0.4) is 0 Å². The molecule has 0 saturated heterocycles. The Morgan fingerprint density at radius 3 is 2.54 bits per heavy atom. The summed E-state index contributed by atoms with van der Waals surface area (Å²) in [7, 11) is 0. The van der Waals surface area contributed by atoms with Crippen LogP contribution in [0.1, 0.15) is 52.4 Å². The summed E-state index contributed by atoms with van der Waals surface area (Å²) in [5, 5.41) is 0. The predicted molar refractivity (Wildman–Crippen MR) is 60.2 cm³/mol. The SMILES string of the molecule is CCCCCC#CC=NCCCC. The van der Waals surface area contributed by atoms with Crippen LogP contribution in [0, 0.1) is 11.8 Å². The first kappa shape index (κ1) is 12.2. The van der Waals surface area contributed by atoms with E-state index in [0.717, 1.165) is 13.0 Å². The minimum atomic E-state index is 0.931. The largest absolute Gasteiger partial charge is 0.284 e. The average Bonchev–Trinajstić information content (AvgIpc) is 2.16. The van der Waals surface area contributed by atoms with Crippen molar-refractivity contribution in [1.29, 1.82) is 0 Å². The maximum Gasteiger partial charge on any atom is 0.0710 e. The van der Waals surface area contributed by atoms with E-state index < -0.39 is 0 Å². The molecule has 0 spiro atoms. The summed E-state index contributed by atoms with van der Waals surface area (Å²) >= 11 is 0. The van der Waals surface area contributed by atoms with E-state index >= 15 is 0 Å². The lowest BCUT2D eigenvalue weighted by Crippen LogP contribution is -1.78. The third-order valence-corrected chi connectivity index (χ3v) is 1.80. The van der Waals surface area contributed by atoms with Gasteiger partial charge in [-0.15, -0.1) is 0 Å². The van der Waals surface area contributed by atoms with Crippen LogP contribution < -0.4 is 0 Å². The quantitative estimate of drug-likeness (QED) is 0.336. The Labute approximate surface area is 82.6 Å². The molecule has 0 fully saturated rings. The molecule has 1 heteroatoms. The van der Waals surface area contributed by atoms with E-state index in [4.69, 9.17) is 0 Å². The molecule has 1 nitrogen and oxygen atoms in total. The van der Waals surface area contributed by atoms with E-state index in [1.54, 1.807) is 6.21 Å². The van der Waals surface area contributed by atoms with Gasteiger partial charge in [0.2, 0.25) is 0 Å². The Morgan fingerprint density at radius 2 is 1.85 bits per heavy atom. The molecular weight excluding hydrogens is 158 g/mol. The third kappa shape index (κ3) is 11.2. The molecule has 0 aliphatic carbocycles. The van der Waals surface area contributed by atoms with E-state index in [1.807, 2.05) is 0 Å². The summed E-state index contributed by atoms with van der Waals surface area (Å²) in [5.41, 5.74) is 0. The van der Waals surface area contributed by atoms with Crippen molar-refractivity contribution in [1.82, 2.24) is 0 Å². The number of hydrogen-bond donors (Lipinski definition) is 0. The number of nitrogens with zero attached hydrogens (tertiary/aromatic N) is 1. The number of aliphatic imine (C=N–C) groups is 1. The Morgan fingerprint density at radius 1 is 1.08 bits per heavy atom. The van der Waals surface area contributed by atoms with Crippen LogP contribution in [0.5, 0.6) is 0 Å². The van der Waals surface area contributed by atoms with E-state index in [-0.39, 0.29) is 0 Å². The Kier molecular flexibility index (Phi) is 10.6. The molecule has 0 aromatic carbocycles. The molecule has 0 rings (SSSR count). The van der Waals surface area contributed by atoms with Crippen molar-refractivity contribution in [2.75, 3.05) is 6.54 Å². The molecular formula is C12H21N. The monoisotopic (exact) mass is 179 g/mol. The maximum atomic E-state index is 4.18. The van der Waals surface area contributed by atoms with Crippen molar-refractivity contribution < 1.29 is 0 Å². The molecule has 0 aliphatic rings.